The molecule has 0 saturated heterocycles. The van der Waals surface area contributed by atoms with Crippen molar-refractivity contribution >= 4 is 51.4 Å². The molecule has 47 heavy (non-hydrogen) atoms. The van der Waals surface area contributed by atoms with Crippen LogP contribution in [0.25, 0.3) is 10.9 Å². The number of nitrogens with two attached hydrogens (primary N) is 1. The minimum atomic E-state index is -1.54. The summed E-state index contributed by atoms with van der Waals surface area (Å²) in [5.41, 5.74) is 6.98. The van der Waals surface area contributed by atoms with Gasteiger partial charge in [0.15, 0.2) is 0 Å². The van der Waals surface area contributed by atoms with Gasteiger partial charge in [-0.25, -0.2) is 0 Å². The summed E-state index contributed by atoms with van der Waals surface area (Å²) in [5, 5.41) is 9.10. The van der Waals surface area contributed by atoms with E-state index in [0.29, 0.717) is 41.4 Å². The van der Waals surface area contributed by atoms with E-state index in [1.165, 1.54) is 13.8 Å². The number of hydrogen-bond donors (Lipinski definition) is 5. The maximum Gasteiger partial charge on any atom is 0.243 e. The van der Waals surface area contributed by atoms with Crippen LogP contribution < -0.4 is 26.4 Å². The molecule has 0 saturated carbocycles. The van der Waals surface area contributed by atoms with E-state index in [1.54, 1.807) is 13.8 Å². The Morgan fingerprint density at radius 1 is 0.957 bits per heavy atom. The van der Waals surface area contributed by atoms with Gasteiger partial charge in [0, 0.05) is 34.1 Å². The van der Waals surface area contributed by atoms with Gasteiger partial charge in [0.2, 0.25) is 22.7 Å². The van der Waals surface area contributed by atoms with Crippen LogP contribution in [0, 0.1) is 17.8 Å². The number of unbranched alkanes of at least 4 members (excludes halogenated alkanes) is 3. The summed E-state index contributed by atoms with van der Waals surface area (Å²) < 4.78 is 19.5. The lowest BCUT2D eigenvalue weighted by Crippen LogP contribution is -2.53. The van der Waals surface area contributed by atoms with Gasteiger partial charge in [0.25, 0.3) is 0 Å². The summed E-state index contributed by atoms with van der Waals surface area (Å²) in [6.07, 6.45) is 4.82. The summed E-state index contributed by atoms with van der Waals surface area (Å²) in [6, 6.07) is 4.72. The summed E-state index contributed by atoms with van der Waals surface area (Å²) in [6.45, 7) is 10.8. The molecule has 1 heterocycles. The van der Waals surface area contributed by atoms with Crippen molar-refractivity contribution in [2.45, 2.75) is 91.1 Å². The lowest BCUT2D eigenvalue weighted by molar-refractivity contribution is -0.132. The second kappa shape index (κ2) is 20.1. The van der Waals surface area contributed by atoms with E-state index in [0.717, 1.165) is 31.1 Å². The van der Waals surface area contributed by atoms with Crippen LogP contribution in [0.5, 0.6) is 5.75 Å². The maximum absolute atomic E-state index is 13.5. The highest BCUT2D eigenvalue weighted by Crippen LogP contribution is 2.32. The van der Waals surface area contributed by atoms with Crippen LogP contribution in [0.2, 0.25) is 0 Å². The number of amides is 3. The number of fused-ring (bicyclic) bond motifs is 1. The highest BCUT2D eigenvalue weighted by molar-refractivity contribution is 7.91. The number of carbonyl (C=O) groups excluding carboxylic acids is 5. The summed E-state index contributed by atoms with van der Waals surface area (Å²) in [5.74, 6) is -2.05. The van der Waals surface area contributed by atoms with Gasteiger partial charge >= 0.3 is 0 Å². The zero-order chi connectivity index (χ0) is 35.1. The van der Waals surface area contributed by atoms with Crippen molar-refractivity contribution in [3.8, 4) is 5.75 Å². The molecular formula is C34H53N5O7S. The number of nitrogens with one attached hydrogen (secondary N) is 4. The molecule has 12 nitrogen and oxygen atoms in total. The van der Waals surface area contributed by atoms with Crippen LogP contribution in [0.1, 0.15) is 79.2 Å². The molecule has 0 spiro atoms. The zero-order valence-corrected chi connectivity index (χ0v) is 29.5. The van der Waals surface area contributed by atoms with Crippen molar-refractivity contribution in [1.82, 2.24) is 20.9 Å². The molecule has 5 atom stereocenters. The number of Topliss-reactive ketones (excluding diaryl/α,β-unsaturated/α-hetero) is 2. The average Bonchev–Trinajstić information content (AvgIpc) is 3.39. The molecule has 0 bridgehead atoms. The van der Waals surface area contributed by atoms with Crippen LogP contribution in [-0.4, -0.2) is 76.9 Å². The minimum Gasteiger partial charge on any atom is -0.610 e. The smallest absolute Gasteiger partial charge is 0.243 e. The monoisotopic (exact) mass is 675 g/mol. The molecule has 2 rings (SSSR count). The molecule has 0 fully saturated rings. The first-order valence-corrected chi connectivity index (χ1v) is 17.8. The quantitative estimate of drug-likeness (QED) is 0.0928. The Kier molecular flexibility index (Phi) is 17.0. The number of ether oxygens (including phenoxy) is 1. The summed E-state index contributed by atoms with van der Waals surface area (Å²) in [7, 11) is 0. The third kappa shape index (κ3) is 13.0. The molecule has 262 valence electrons. The molecule has 0 aliphatic rings. The van der Waals surface area contributed by atoms with Crippen molar-refractivity contribution in [2.24, 2.45) is 23.5 Å². The van der Waals surface area contributed by atoms with Crippen LogP contribution >= 0.6 is 0 Å². The Labute approximate surface area is 281 Å². The Bertz CT molecular complexity index is 1360. The van der Waals surface area contributed by atoms with Crippen LogP contribution in [0.15, 0.2) is 23.2 Å². The SMILES string of the molecule is CC[C@@H](C)[C@H](NC(=O)CNC(=O)[C@@H](C)Cc1c([S+]([O-])C[C@@H](C)C(C)=O)[nH]c2cc(OCCCCCCN)ccc12)C(=O)NCC(C)=O. The van der Waals surface area contributed by atoms with Gasteiger partial charge in [0.05, 0.1) is 31.1 Å². The van der Waals surface area contributed by atoms with Gasteiger partial charge in [-0.2, -0.15) is 0 Å². The van der Waals surface area contributed by atoms with E-state index >= 15 is 0 Å². The number of carbonyl (C=O) groups is 5. The van der Waals surface area contributed by atoms with Gasteiger partial charge in [-0.05, 0) is 57.7 Å². The molecule has 1 unspecified atom stereocenters. The van der Waals surface area contributed by atoms with Crippen molar-refractivity contribution in [3.63, 3.8) is 0 Å². The van der Waals surface area contributed by atoms with Crippen molar-refractivity contribution in [2.75, 3.05) is 32.0 Å². The number of benzene rings is 1. The maximum atomic E-state index is 13.5. The van der Waals surface area contributed by atoms with E-state index in [9.17, 15) is 28.5 Å². The van der Waals surface area contributed by atoms with Gasteiger partial charge in [-0.3, -0.25) is 24.0 Å². The lowest BCUT2D eigenvalue weighted by Gasteiger charge is -2.23. The molecule has 13 heteroatoms. The van der Waals surface area contributed by atoms with E-state index in [4.69, 9.17) is 10.5 Å². The number of rotatable bonds is 22. The number of hydrogen-bond acceptors (Lipinski definition) is 8. The van der Waals surface area contributed by atoms with E-state index in [-0.39, 0.29) is 48.7 Å². The first-order valence-electron chi connectivity index (χ1n) is 16.5. The highest BCUT2D eigenvalue weighted by Gasteiger charge is 2.29. The van der Waals surface area contributed by atoms with Crippen LogP contribution in [0.3, 0.4) is 0 Å². The fourth-order valence-electron chi connectivity index (χ4n) is 4.90. The highest BCUT2D eigenvalue weighted by atomic mass is 32.2. The number of aromatic nitrogens is 1. The molecule has 1 aromatic heterocycles. The first kappa shape index (κ1) is 39.8. The fourth-order valence-corrected chi connectivity index (χ4v) is 6.45. The van der Waals surface area contributed by atoms with Gasteiger partial charge in [-0.1, -0.05) is 47.0 Å². The van der Waals surface area contributed by atoms with Crippen molar-refractivity contribution in [3.05, 3.63) is 23.8 Å². The van der Waals surface area contributed by atoms with Gasteiger partial charge in [0.1, 0.15) is 29.1 Å². The van der Waals surface area contributed by atoms with E-state index in [2.05, 4.69) is 20.9 Å². The van der Waals surface area contributed by atoms with Crippen molar-refractivity contribution < 1.29 is 33.3 Å². The molecule has 6 N–H and O–H groups in total. The molecule has 1 aromatic carbocycles. The normalized spacial score (nSPS) is 14.5. The molecule has 2 aromatic rings. The third-order valence-corrected chi connectivity index (χ3v) is 9.84. The molecular weight excluding hydrogens is 622 g/mol. The van der Waals surface area contributed by atoms with Gasteiger partial charge < -0.3 is 36.0 Å². The second-order valence-corrected chi connectivity index (χ2v) is 13.8. The second-order valence-electron chi connectivity index (χ2n) is 12.4. The topological polar surface area (TPSA) is 196 Å². The molecule has 0 aliphatic heterocycles. The van der Waals surface area contributed by atoms with Gasteiger partial charge in [-0.15, -0.1) is 0 Å². The predicted octanol–water partition coefficient (Wildman–Crippen LogP) is 2.93. The number of ketones is 2. The lowest BCUT2D eigenvalue weighted by atomic mass is 9.98. The Morgan fingerprint density at radius 2 is 1.64 bits per heavy atom. The summed E-state index contributed by atoms with van der Waals surface area (Å²) in [4.78, 5) is 65.0. The van der Waals surface area contributed by atoms with Crippen LogP contribution in [0.4, 0.5) is 0 Å². The Hall–Kier alpha value is -3.42. The third-order valence-electron chi connectivity index (χ3n) is 8.23. The van der Waals surface area contributed by atoms with Crippen LogP contribution in [-0.2, 0) is 41.6 Å². The molecule has 0 radical (unpaired) electrons. The Morgan fingerprint density at radius 3 is 2.28 bits per heavy atom. The number of aromatic amines is 1. The summed E-state index contributed by atoms with van der Waals surface area (Å²) >= 11 is -1.54. The molecule has 3 amide bonds. The average molecular weight is 676 g/mol. The van der Waals surface area contributed by atoms with E-state index < -0.39 is 40.9 Å². The van der Waals surface area contributed by atoms with E-state index in [1.807, 2.05) is 32.0 Å². The largest absolute Gasteiger partial charge is 0.610 e. The van der Waals surface area contributed by atoms with Crippen molar-refractivity contribution in [1.29, 1.82) is 0 Å². The number of H-pyrrole nitrogens is 1. The fraction of sp³-hybridized carbons (Fsp3) is 0.618. The minimum absolute atomic E-state index is 0.0592. The first-order chi connectivity index (χ1) is 22.3. The standard InChI is InChI=1S/C34H53N5O7S/c1-7-21(2)31(33(44)36-18-24(5)40)39-30(42)19-37-32(43)22(3)16-28-27-13-12-26(46-15-11-9-8-10-14-35)17-29(27)38-34(28)47(45)20-23(4)25(6)41/h12-13,17,21-23,31,38H,7-11,14-16,18-20,35H2,1-6H3,(H,36,44)(H,37,43)(H,39,42)/t21-,22+,23-,31+,47?/m1/s1. The molecule has 0 aliphatic carbocycles. The zero-order valence-electron chi connectivity index (χ0n) is 28.7. The predicted molar refractivity (Wildman–Crippen MR) is 183 cm³/mol. The Balaban J connectivity index is 2.16.